The molecule has 6 heteroatoms. The molecule has 1 atom stereocenters. The monoisotopic (exact) mass is 328 g/mol. The first kappa shape index (κ1) is 16.5. The normalized spacial score (nSPS) is 15.7. The fourth-order valence-corrected chi connectivity index (χ4v) is 3.02. The fourth-order valence-electron chi connectivity index (χ4n) is 3.02. The molecule has 0 bridgehead atoms. The highest BCUT2D eigenvalue weighted by molar-refractivity contribution is 5.53. The van der Waals surface area contributed by atoms with Crippen LogP contribution in [-0.4, -0.2) is 27.2 Å². The predicted octanol–water partition coefficient (Wildman–Crippen LogP) is 2.13. The smallest absolute Gasteiger partial charge is 0.334 e. The molecule has 2 heterocycles. The number of hydrogen-bond acceptors (Lipinski definition) is 4. The van der Waals surface area contributed by atoms with E-state index in [1.807, 2.05) is 32.0 Å². The molecule has 24 heavy (non-hydrogen) atoms. The van der Waals surface area contributed by atoms with Gasteiger partial charge in [0.15, 0.2) is 0 Å². The maximum atomic E-state index is 12.4. The zero-order valence-corrected chi connectivity index (χ0v) is 14.6. The van der Waals surface area contributed by atoms with E-state index in [0.717, 1.165) is 17.7 Å². The molecule has 0 spiro atoms. The van der Waals surface area contributed by atoms with E-state index in [4.69, 9.17) is 0 Å². The lowest BCUT2D eigenvalue weighted by molar-refractivity contribution is 0.200. The zero-order chi connectivity index (χ0) is 17.4. The third-order valence-electron chi connectivity index (χ3n) is 4.98. The van der Waals surface area contributed by atoms with Crippen molar-refractivity contribution in [2.24, 2.45) is 0 Å². The molecule has 0 aliphatic carbocycles. The minimum absolute atomic E-state index is 0.310. The van der Waals surface area contributed by atoms with E-state index in [2.05, 4.69) is 29.0 Å². The Morgan fingerprint density at radius 2 is 1.96 bits per heavy atom. The van der Waals surface area contributed by atoms with Crippen LogP contribution < -0.4 is 16.6 Å². The Bertz CT molecular complexity index is 882. The summed E-state index contributed by atoms with van der Waals surface area (Å²) in [6.45, 7) is 9.47. The number of anilines is 1. The molecule has 1 aromatic heterocycles. The van der Waals surface area contributed by atoms with Gasteiger partial charge >= 0.3 is 5.69 Å². The average molecular weight is 328 g/mol. The number of hydrogen-bond donors (Lipinski definition) is 2. The Labute approximate surface area is 141 Å². The van der Waals surface area contributed by atoms with Gasteiger partial charge in [0.1, 0.15) is 5.82 Å². The Hall–Kier alpha value is -2.34. The molecule has 2 aromatic rings. The summed E-state index contributed by atoms with van der Waals surface area (Å²) in [4.78, 5) is 29.4. The van der Waals surface area contributed by atoms with Crippen molar-refractivity contribution in [3.63, 3.8) is 0 Å². The van der Waals surface area contributed by atoms with Crippen molar-refractivity contribution in [1.29, 1.82) is 0 Å². The molecular weight excluding hydrogens is 304 g/mol. The number of fused-ring (bicyclic) bond motifs is 1. The van der Waals surface area contributed by atoms with Gasteiger partial charge < -0.3 is 5.32 Å². The lowest BCUT2D eigenvalue weighted by atomic mass is 10.1. The molecule has 6 nitrogen and oxygen atoms in total. The first-order valence-electron chi connectivity index (χ1n) is 8.36. The molecule has 0 fully saturated rings. The standard InChI is InChI=1S/C18H24N4O2/c1-5-13(4)21-9-15-16(19-10-21)22(18(24)20-17(15)23)14-7-6-11(2)12(3)8-14/h6-8,13,19H,5,9-10H2,1-4H3,(H,20,23,24)/t13-/m0/s1. The van der Waals surface area contributed by atoms with E-state index in [1.165, 1.54) is 5.56 Å². The summed E-state index contributed by atoms with van der Waals surface area (Å²) >= 11 is 0. The van der Waals surface area contributed by atoms with Crippen molar-refractivity contribution in [1.82, 2.24) is 14.5 Å². The Kier molecular flexibility index (Phi) is 4.32. The van der Waals surface area contributed by atoms with Crippen molar-refractivity contribution < 1.29 is 0 Å². The van der Waals surface area contributed by atoms with Gasteiger partial charge in [-0.2, -0.15) is 0 Å². The van der Waals surface area contributed by atoms with Crippen LogP contribution in [0.1, 0.15) is 37.0 Å². The Morgan fingerprint density at radius 1 is 1.21 bits per heavy atom. The lowest BCUT2D eigenvalue weighted by Gasteiger charge is -2.34. The molecule has 0 saturated carbocycles. The van der Waals surface area contributed by atoms with Crippen LogP contribution in [-0.2, 0) is 6.54 Å². The number of benzene rings is 1. The van der Waals surface area contributed by atoms with Crippen LogP contribution in [0.2, 0.25) is 0 Å². The molecular formula is C18H24N4O2. The quantitative estimate of drug-likeness (QED) is 0.905. The summed E-state index contributed by atoms with van der Waals surface area (Å²) in [5.41, 5.74) is 2.93. The highest BCUT2D eigenvalue weighted by Crippen LogP contribution is 2.23. The molecule has 128 valence electrons. The summed E-state index contributed by atoms with van der Waals surface area (Å²) < 4.78 is 1.57. The number of nitrogens with one attached hydrogen (secondary N) is 2. The summed E-state index contributed by atoms with van der Waals surface area (Å²) in [6.07, 6.45) is 1.01. The number of aryl methyl sites for hydroxylation is 2. The summed E-state index contributed by atoms with van der Waals surface area (Å²) in [6, 6.07) is 6.23. The second-order valence-corrected chi connectivity index (χ2v) is 6.53. The van der Waals surface area contributed by atoms with Crippen LogP contribution >= 0.6 is 0 Å². The van der Waals surface area contributed by atoms with Crippen LogP contribution in [0.3, 0.4) is 0 Å². The zero-order valence-electron chi connectivity index (χ0n) is 14.6. The first-order chi connectivity index (χ1) is 11.4. The summed E-state index contributed by atoms with van der Waals surface area (Å²) in [5, 5.41) is 3.28. The molecule has 1 aromatic carbocycles. The summed E-state index contributed by atoms with van der Waals surface area (Å²) in [5.74, 6) is 0.603. The predicted molar refractivity (Wildman–Crippen MR) is 95.9 cm³/mol. The van der Waals surface area contributed by atoms with Gasteiger partial charge in [0.25, 0.3) is 5.56 Å². The van der Waals surface area contributed by atoms with Gasteiger partial charge in [-0.3, -0.25) is 14.7 Å². The first-order valence-corrected chi connectivity index (χ1v) is 8.36. The van der Waals surface area contributed by atoms with Crippen LogP contribution in [0.15, 0.2) is 27.8 Å². The largest absolute Gasteiger partial charge is 0.358 e. The third-order valence-corrected chi connectivity index (χ3v) is 4.98. The Balaban J connectivity index is 2.14. The van der Waals surface area contributed by atoms with Gasteiger partial charge in [-0.25, -0.2) is 9.36 Å². The maximum Gasteiger partial charge on any atom is 0.334 e. The highest BCUT2D eigenvalue weighted by atomic mass is 16.2. The minimum Gasteiger partial charge on any atom is -0.358 e. The van der Waals surface area contributed by atoms with E-state index >= 15 is 0 Å². The maximum absolute atomic E-state index is 12.4. The topological polar surface area (TPSA) is 70.1 Å². The van der Waals surface area contributed by atoms with E-state index in [9.17, 15) is 9.59 Å². The molecule has 1 aliphatic rings. The van der Waals surface area contributed by atoms with Gasteiger partial charge in [0.05, 0.1) is 17.9 Å². The average Bonchev–Trinajstić information content (AvgIpc) is 2.57. The van der Waals surface area contributed by atoms with Crippen LogP contribution in [0.25, 0.3) is 5.69 Å². The van der Waals surface area contributed by atoms with Gasteiger partial charge in [-0.1, -0.05) is 13.0 Å². The van der Waals surface area contributed by atoms with Crippen molar-refractivity contribution in [3.8, 4) is 5.69 Å². The van der Waals surface area contributed by atoms with Gasteiger partial charge in [-0.05, 0) is 50.5 Å². The molecule has 1 aliphatic heterocycles. The van der Waals surface area contributed by atoms with Crippen LogP contribution in [0.5, 0.6) is 0 Å². The fraction of sp³-hybridized carbons (Fsp3) is 0.444. The van der Waals surface area contributed by atoms with E-state index in [-0.39, 0.29) is 5.56 Å². The molecule has 0 amide bonds. The second-order valence-electron chi connectivity index (χ2n) is 6.53. The number of H-pyrrole nitrogens is 1. The minimum atomic E-state index is -0.411. The number of nitrogens with zero attached hydrogens (tertiary/aromatic N) is 2. The molecule has 3 rings (SSSR count). The van der Waals surface area contributed by atoms with Gasteiger partial charge in [-0.15, -0.1) is 0 Å². The lowest BCUT2D eigenvalue weighted by Crippen LogP contribution is -2.45. The third kappa shape index (κ3) is 2.78. The van der Waals surface area contributed by atoms with Crippen molar-refractivity contribution in [2.45, 2.75) is 46.7 Å². The number of aromatic nitrogens is 2. The van der Waals surface area contributed by atoms with Gasteiger partial charge in [0.2, 0.25) is 0 Å². The molecule has 2 N–H and O–H groups in total. The molecule has 0 radical (unpaired) electrons. The summed E-state index contributed by atoms with van der Waals surface area (Å²) in [7, 11) is 0. The van der Waals surface area contributed by atoms with E-state index in [1.54, 1.807) is 4.57 Å². The van der Waals surface area contributed by atoms with Crippen LogP contribution in [0, 0.1) is 13.8 Å². The van der Waals surface area contributed by atoms with Crippen molar-refractivity contribution in [3.05, 3.63) is 55.7 Å². The molecule has 0 unspecified atom stereocenters. The highest BCUT2D eigenvalue weighted by Gasteiger charge is 2.25. The van der Waals surface area contributed by atoms with E-state index in [0.29, 0.717) is 30.6 Å². The van der Waals surface area contributed by atoms with Crippen molar-refractivity contribution in [2.75, 3.05) is 12.0 Å². The van der Waals surface area contributed by atoms with Crippen LogP contribution in [0.4, 0.5) is 5.82 Å². The molecule has 0 saturated heterocycles. The number of aromatic amines is 1. The number of rotatable bonds is 3. The van der Waals surface area contributed by atoms with Crippen molar-refractivity contribution >= 4 is 5.82 Å². The van der Waals surface area contributed by atoms with E-state index < -0.39 is 5.69 Å². The second kappa shape index (κ2) is 6.28. The SMILES string of the molecule is CC[C@H](C)N1CNc2c(c(=O)[nH]c(=O)n2-c2ccc(C)c(C)c2)C1. The Morgan fingerprint density at radius 3 is 2.62 bits per heavy atom. The van der Waals surface area contributed by atoms with Gasteiger partial charge in [0, 0.05) is 12.6 Å².